The van der Waals surface area contributed by atoms with Crippen LogP contribution in [0.3, 0.4) is 0 Å². The van der Waals surface area contributed by atoms with Crippen molar-refractivity contribution in [1.29, 1.82) is 0 Å². The molecule has 2 aromatic rings. The molecule has 1 saturated heterocycles. The molecule has 1 aliphatic rings. The van der Waals surface area contributed by atoms with E-state index < -0.39 is 5.60 Å². The summed E-state index contributed by atoms with van der Waals surface area (Å²) >= 11 is 3.51. The van der Waals surface area contributed by atoms with Crippen LogP contribution in [0.25, 0.3) is 0 Å². The summed E-state index contributed by atoms with van der Waals surface area (Å²) in [5.41, 5.74) is 1.08. The second kappa shape index (κ2) is 14.1. The van der Waals surface area contributed by atoms with Crippen LogP contribution >= 0.6 is 15.9 Å². The van der Waals surface area contributed by atoms with Crippen molar-refractivity contribution in [2.24, 2.45) is 11.8 Å². The van der Waals surface area contributed by atoms with Gasteiger partial charge < -0.3 is 20.5 Å². The summed E-state index contributed by atoms with van der Waals surface area (Å²) < 4.78 is 6.73. The fourth-order valence-electron chi connectivity index (χ4n) is 3.66. The van der Waals surface area contributed by atoms with Gasteiger partial charge in [0.25, 0.3) is 0 Å². The molecule has 0 spiro atoms. The molecule has 0 amide bonds. The van der Waals surface area contributed by atoms with Gasteiger partial charge in [0.2, 0.25) is 0 Å². The summed E-state index contributed by atoms with van der Waals surface area (Å²) in [5.74, 6) is 3.04. The maximum atomic E-state index is 10.1. The Morgan fingerprint density at radius 3 is 2.52 bits per heavy atom. The minimum atomic E-state index is -0.876. The average molecular weight is 521 g/mol. The zero-order chi connectivity index (χ0) is 24.3. The molecule has 0 radical (unpaired) electrons. The van der Waals surface area contributed by atoms with E-state index in [4.69, 9.17) is 4.74 Å². The summed E-state index contributed by atoms with van der Waals surface area (Å²) in [6, 6.07) is 9.64. The number of rotatable bonds is 9. The van der Waals surface area contributed by atoms with E-state index in [-0.39, 0.29) is 0 Å². The first-order valence-corrected chi connectivity index (χ1v) is 13.0. The van der Waals surface area contributed by atoms with Crippen molar-refractivity contribution in [1.82, 2.24) is 15.6 Å². The molecule has 3 rings (SSSR count). The molecule has 1 atom stereocenters. The number of ether oxygens (including phenoxy) is 1. The third kappa shape index (κ3) is 10.1. The topological polar surface area (TPSA) is 66.4 Å². The second-order valence-electron chi connectivity index (χ2n) is 9.59. The molecular weight excluding hydrogens is 478 g/mol. The second-order valence-corrected chi connectivity index (χ2v) is 10.4. The Hall–Kier alpha value is -1.47. The first-order chi connectivity index (χ1) is 15.7. The molecule has 5 nitrogen and oxygen atoms in total. The van der Waals surface area contributed by atoms with Crippen LogP contribution in [0, 0.1) is 11.8 Å². The van der Waals surface area contributed by atoms with Crippen molar-refractivity contribution < 1.29 is 9.84 Å². The van der Waals surface area contributed by atoms with Gasteiger partial charge in [-0.2, -0.15) is 0 Å². The van der Waals surface area contributed by atoms with E-state index in [1.54, 1.807) is 20.0 Å². The van der Waals surface area contributed by atoms with Crippen molar-refractivity contribution in [2.45, 2.75) is 65.4 Å². The SMILES string of the molecule is CC(C)(O)c1ccc(Oc2ccc(CC3CCNCC3)nc2)c(Br)c1.CCC(C)CCNC. The van der Waals surface area contributed by atoms with Gasteiger partial charge in [-0.25, -0.2) is 0 Å². The van der Waals surface area contributed by atoms with Crippen LogP contribution in [0.5, 0.6) is 11.5 Å². The van der Waals surface area contributed by atoms with Gasteiger partial charge in [0.1, 0.15) is 11.5 Å². The van der Waals surface area contributed by atoms with Crippen molar-refractivity contribution in [3.8, 4) is 11.5 Å². The monoisotopic (exact) mass is 519 g/mol. The van der Waals surface area contributed by atoms with E-state index in [0.717, 1.165) is 53.6 Å². The van der Waals surface area contributed by atoms with Gasteiger partial charge in [0, 0.05) is 5.69 Å². The highest BCUT2D eigenvalue weighted by molar-refractivity contribution is 9.10. The number of halogens is 1. The number of nitrogens with zero attached hydrogens (tertiary/aromatic N) is 1. The lowest BCUT2D eigenvalue weighted by Gasteiger charge is -2.22. The number of hydrogen-bond donors (Lipinski definition) is 3. The van der Waals surface area contributed by atoms with Crippen LogP contribution in [-0.4, -0.2) is 36.8 Å². The van der Waals surface area contributed by atoms with Crippen LogP contribution in [-0.2, 0) is 12.0 Å². The van der Waals surface area contributed by atoms with E-state index in [1.807, 2.05) is 31.3 Å². The summed E-state index contributed by atoms with van der Waals surface area (Å²) in [5, 5.41) is 16.6. The number of aromatic nitrogens is 1. The van der Waals surface area contributed by atoms with Crippen LogP contribution in [0.2, 0.25) is 0 Å². The Bertz CT molecular complexity index is 815. The highest BCUT2D eigenvalue weighted by atomic mass is 79.9. The van der Waals surface area contributed by atoms with Crippen LogP contribution < -0.4 is 15.4 Å². The summed E-state index contributed by atoms with van der Waals surface area (Å²) in [6.07, 6.45) is 7.88. The lowest BCUT2D eigenvalue weighted by atomic mass is 9.93. The van der Waals surface area contributed by atoms with Gasteiger partial charge in [-0.15, -0.1) is 0 Å². The van der Waals surface area contributed by atoms with Gasteiger partial charge in [-0.3, -0.25) is 4.98 Å². The molecule has 1 aromatic carbocycles. The Morgan fingerprint density at radius 1 is 1.24 bits per heavy atom. The quantitative estimate of drug-likeness (QED) is 0.376. The standard InChI is InChI=1S/C20H25BrN2O2.C7H17N/c1-20(2,24)15-3-6-19(18(21)12-15)25-17-5-4-16(23-13-17)11-14-7-9-22-10-8-14;1-4-7(2)5-6-8-3/h3-6,12-14,22,24H,7-11H2,1-2H3;7-8H,4-6H2,1-3H3. The number of pyridine rings is 1. The highest BCUT2D eigenvalue weighted by Crippen LogP contribution is 2.33. The van der Waals surface area contributed by atoms with Gasteiger partial charge in [-0.1, -0.05) is 26.3 Å². The van der Waals surface area contributed by atoms with E-state index in [0.29, 0.717) is 11.5 Å². The molecule has 1 unspecified atom stereocenters. The van der Waals surface area contributed by atoms with Crippen LogP contribution in [0.4, 0.5) is 0 Å². The summed E-state index contributed by atoms with van der Waals surface area (Å²) in [7, 11) is 2.00. The van der Waals surface area contributed by atoms with E-state index in [2.05, 4.69) is 51.5 Å². The maximum absolute atomic E-state index is 10.1. The molecule has 2 heterocycles. The lowest BCUT2D eigenvalue weighted by molar-refractivity contribution is 0.0785. The molecule has 3 N–H and O–H groups in total. The van der Waals surface area contributed by atoms with E-state index >= 15 is 0 Å². The first kappa shape index (κ1) is 27.8. The first-order valence-electron chi connectivity index (χ1n) is 12.2. The molecule has 1 fully saturated rings. The predicted molar refractivity (Wildman–Crippen MR) is 141 cm³/mol. The van der Waals surface area contributed by atoms with Gasteiger partial charge in [0.05, 0.1) is 16.3 Å². The van der Waals surface area contributed by atoms with E-state index in [1.165, 1.54) is 25.7 Å². The zero-order valence-electron chi connectivity index (χ0n) is 21.0. The molecule has 0 bridgehead atoms. The van der Waals surface area contributed by atoms with Crippen molar-refractivity contribution in [2.75, 3.05) is 26.7 Å². The third-order valence-corrected chi connectivity index (χ3v) is 6.82. The van der Waals surface area contributed by atoms with Crippen molar-refractivity contribution in [3.05, 3.63) is 52.3 Å². The number of piperidine rings is 1. The Labute approximate surface area is 208 Å². The van der Waals surface area contributed by atoms with Gasteiger partial charge in [0.15, 0.2) is 0 Å². The Morgan fingerprint density at radius 2 is 1.97 bits per heavy atom. The molecule has 6 heteroatoms. The summed E-state index contributed by atoms with van der Waals surface area (Å²) in [6.45, 7) is 11.4. The number of benzene rings is 1. The van der Waals surface area contributed by atoms with Crippen molar-refractivity contribution in [3.63, 3.8) is 0 Å². The molecule has 1 aliphatic heterocycles. The molecule has 184 valence electrons. The summed E-state index contributed by atoms with van der Waals surface area (Å²) in [4.78, 5) is 4.55. The predicted octanol–water partition coefficient (Wildman–Crippen LogP) is 6.05. The zero-order valence-corrected chi connectivity index (χ0v) is 22.5. The van der Waals surface area contributed by atoms with Crippen molar-refractivity contribution >= 4 is 15.9 Å². The fourth-order valence-corrected chi connectivity index (χ4v) is 4.12. The van der Waals surface area contributed by atoms with Crippen LogP contribution in [0.1, 0.15) is 64.6 Å². The average Bonchev–Trinajstić information content (AvgIpc) is 2.80. The largest absolute Gasteiger partial charge is 0.455 e. The number of nitrogens with one attached hydrogen (secondary N) is 2. The van der Waals surface area contributed by atoms with Gasteiger partial charge in [-0.05, 0) is 124 Å². The molecule has 33 heavy (non-hydrogen) atoms. The molecule has 0 saturated carbocycles. The molecule has 1 aromatic heterocycles. The molecular formula is C27H42BrN3O2. The number of aliphatic hydroxyl groups is 1. The minimum Gasteiger partial charge on any atom is -0.455 e. The Kier molecular flexibility index (Phi) is 11.8. The van der Waals surface area contributed by atoms with Crippen LogP contribution in [0.15, 0.2) is 41.0 Å². The Balaban J connectivity index is 0.000000414. The smallest absolute Gasteiger partial charge is 0.145 e. The number of hydrogen-bond acceptors (Lipinski definition) is 5. The normalized spacial score (nSPS) is 15.5. The lowest BCUT2D eigenvalue weighted by Crippen LogP contribution is -2.28. The fraction of sp³-hybridized carbons (Fsp3) is 0.593. The van der Waals surface area contributed by atoms with Gasteiger partial charge >= 0.3 is 0 Å². The third-order valence-electron chi connectivity index (χ3n) is 6.20. The molecule has 0 aliphatic carbocycles. The maximum Gasteiger partial charge on any atom is 0.145 e. The minimum absolute atomic E-state index is 0.709. The van der Waals surface area contributed by atoms with E-state index in [9.17, 15) is 5.11 Å². The highest BCUT2D eigenvalue weighted by Gasteiger charge is 2.18.